The second kappa shape index (κ2) is 5.15. The summed E-state index contributed by atoms with van der Waals surface area (Å²) in [4.78, 5) is 30.4. The average Bonchev–Trinajstić information content (AvgIpc) is 3.23. The Hall–Kier alpha value is -2.70. The molecule has 124 valence electrons. The van der Waals surface area contributed by atoms with Crippen LogP contribution < -0.4 is 5.32 Å². The van der Waals surface area contributed by atoms with E-state index in [1.807, 2.05) is 12.1 Å². The van der Waals surface area contributed by atoms with Crippen molar-refractivity contribution >= 4 is 11.9 Å². The van der Waals surface area contributed by atoms with E-state index in [1.165, 1.54) is 11.1 Å². The van der Waals surface area contributed by atoms with Crippen molar-refractivity contribution in [1.82, 2.24) is 20.4 Å². The number of amides is 3. The zero-order chi connectivity index (χ0) is 16.9. The summed E-state index contributed by atoms with van der Waals surface area (Å²) in [5, 5.41) is 6.50. The van der Waals surface area contributed by atoms with Crippen LogP contribution >= 0.6 is 0 Å². The summed E-state index contributed by atoms with van der Waals surface area (Å²) in [6.45, 7) is 3.41. The Morgan fingerprint density at radius 2 is 2.08 bits per heavy atom. The predicted molar refractivity (Wildman–Crippen MR) is 83.9 cm³/mol. The van der Waals surface area contributed by atoms with Crippen LogP contribution in [0, 0.1) is 6.92 Å². The molecule has 3 amide bonds. The molecule has 7 nitrogen and oxygen atoms in total. The Morgan fingerprint density at radius 1 is 1.29 bits per heavy atom. The fourth-order valence-electron chi connectivity index (χ4n) is 3.46. The van der Waals surface area contributed by atoms with Gasteiger partial charge in [0.05, 0.1) is 0 Å². The minimum Gasteiger partial charge on any atom is -0.337 e. The number of hydrogen-bond acceptors (Lipinski definition) is 5. The highest BCUT2D eigenvalue weighted by Crippen LogP contribution is 2.33. The van der Waals surface area contributed by atoms with Crippen LogP contribution in [0.2, 0.25) is 0 Å². The molecule has 1 fully saturated rings. The summed E-state index contributed by atoms with van der Waals surface area (Å²) in [6.07, 6.45) is 3.24. The van der Waals surface area contributed by atoms with Crippen LogP contribution in [0.15, 0.2) is 22.7 Å². The lowest BCUT2D eigenvalue weighted by Crippen LogP contribution is -2.41. The zero-order valence-corrected chi connectivity index (χ0v) is 13.6. The van der Waals surface area contributed by atoms with E-state index in [2.05, 4.69) is 21.5 Å². The number of rotatable bonds is 3. The predicted octanol–water partition coefficient (Wildman–Crippen LogP) is 1.83. The van der Waals surface area contributed by atoms with E-state index >= 15 is 0 Å². The van der Waals surface area contributed by atoms with Gasteiger partial charge in [0.25, 0.3) is 5.91 Å². The lowest BCUT2D eigenvalue weighted by molar-refractivity contribution is -0.131. The van der Waals surface area contributed by atoms with Crippen molar-refractivity contribution in [1.29, 1.82) is 0 Å². The summed E-state index contributed by atoms with van der Waals surface area (Å²) in [5.74, 6) is 0.411. The highest BCUT2D eigenvalue weighted by atomic mass is 16.5. The molecule has 1 aliphatic heterocycles. The van der Waals surface area contributed by atoms with Gasteiger partial charge in [0, 0.05) is 0 Å². The third-order valence-electron chi connectivity index (χ3n) is 4.81. The molecule has 24 heavy (non-hydrogen) atoms. The van der Waals surface area contributed by atoms with Crippen LogP contribution in [0.1, 0.15) is 41.8 Å². The van der Waals surface area contributed by atoms with Gasteiger partial charge in [-0.2, -0.15) is 4.98 Å². The van der Waals surface area contributed by atoms with Crippen molar-refractivity contribution in [3.8, 4) is 0 Å². The first-order valence-electron chi connectivity index (χ1n) is 8.03. The molecule has 0 saturated carbocycles. The zero-order valence-electron chi connectivity index (χ0n) is 13.6. The minimum atomic E-state index is -1.07. The number of fused-ring (bicyclic) bond motifs is 1. The number of hydrogen-bond donors (Lipinski definition) is 1. The molecule has 0 bridgehead atoms. The minimum absolute atomic E-state index is 0.0218. The van der Waals surface area contributed by atoms with Crippen LogP contribution in [-0.2, 0) is 29.7 Å². The maximum absolute atomic E-state index is 12.9. The highest BCUT2D eigenvalue weighted by molar-refractivity contribution is 6.07. The van der Waals surface area contributed by atoms with Gasteiger partial charge in [0.2, 0.25) is 5.89 Å². The van der Waals surface area contributed by atoms with Gasteiger partial charge in [-0.1, -0.05) is 23.4 Å². The number of aromatic nitrogens is 2. The summed E-state index contributed by atoms with van der Waals surface area (Å²) in [7, 11) is 0. The number of nitrogens with one attached hydrogen (secondary N) is 1. The van der Waals surface area contributed by atoms with Gasteiger partial charge in [-0.15, -0.1) is 0 Å². The number of carbonyl (C=O) groups is 2. The topological polar surface area (TPSA) is 88.3 Å². The Labute approximate surface area is 139 Å². The number of nitrogens with zero attached hydrogens (tertiary/aromatic N) is 3. The van der Waals surface area contributed by atoms with Crippen LogP contribution in [0.5, 0.6) is 0 Å². The quantitative estimate of drug-likeness (QED) is 0.869. The van der Waals surface area contributed by atoms with E-state index in [4.69, 9.17) is 4.52 Å². The lowest BCUT2D eigenvalue weighted by atomic mass is 9.90. The largest absolute Gasteiger partial charge is 0.337 e. The molecule has 2 heterocycles. The molecule has 1 unspecified atom stereocenters. The molecule has 0 spiro atoms. The van der Waals surface area contributed by atoms with Crippen molar-refractivity contribution in [3.63, 3.8) is 0 Å². The van der Waals surface area contributed by atoms with Gasteiger partial charge < -0.3 is 9.84 Å². The molecule has 1 saturated heterocycles. The first-order chi connectivity index (χ1) is 11.5. The summed E-state index contributed by atoms with van der Waals surface area (Å²) < 4.78 is 5.02. The molecule has 1 aliphatic carbocycles. The molecular weight excluding hydrogens is 308 g/mol. The monoisotopic (exact) mass is 326 g/mol. The van der Waals surface area contributed by atoms with E-state index in [0.717, 1.165) is 29.7 Å². The molecule has 2 aromatic rings. The molecule has 1 aromatic heterocycles. The number of carbonyl (C=O) groups excluding carboxylic acids is 2. The Morgan fingerprint density at radius 3 is 2.83 bits per heavy atom. The fraction of sp³-hybridized carbons (Fsp3) is 0.412. The maximum Gasteiger partial charge on any atom is 0.325 e. The average molecular weight is 326 g/mol. The molecule has 1 N–H and O–H groups in total. The van der Waals surface area contributed by atoms with E-state index in [9.17, 15) is 9.59 Å². The fourth-order valence-corrected chi connectivity index (χ4v) is 3.46. The van der Waals surface area contributed by atoms with Crippen LogP contribution in [0.25, 0.3) is 0 Å². The SMILES string of the molecule is Cc1noc(CN2C(=O)NC(C)(c3ccc4c(c3)CCC4)C2=O)n1. The molecule has 4 rings (SSSR count). The molecule has 7 heteroatoms. The van der Waals surface area contributed by atoms with Gasteiger partial charge in [-0.25, -0.2) is 4.79 Å². The van der Waals surface area contributed by atoms with E-state index < -0.39 is 11.6 Å². The van der Waals surface area contributed by atoms with Crippen molar-refractivity contribution in [2.24, 2.45) is 0 Å². The van der Waals surface area contributed by atoms with Gasteiger partial charge in [0.1, 0.15) is 12.1 Å². The summed E-state index contributed by atoms with van der Waals surface area (Å²) >= 11 is 0. The van der Waals surface area contributed by atoms with Gasteiger partial charge in [-0.3, -0.25) is 9.69 Å². The van der Waals surface area contributed by atoms with Crippen LogP contribution in [0.4, 0.5) is 4.79 Å². The molecule has 1 atom stereocenters. The van der Waals surface area contributed by atoms with Crippen molar-refractivity contribution in [3.05, 3.63) is 46.6 Å². The van der Waals surface area contributed by atoms with Gasteiger partial charge in [-0.05, 0) is 49.8 Å². The highest BCUT2D eigenvalue weighted by Gasteiger charge is 2.49. The summed E-state index contributed by atoms with van der Waals surface area (Å²) in [5.41, 5.74) is 2.34. The number of aryl methyl sites for hydroxylation is 3. The summed E-state index contributed by atoms with van der Waals surface area (Å²) in [6, 6.07) is 5.59. The van der Waals surface area contributed by atoms with Gasteiger partial charge in [0.15, 0.2) is 5.82 Å². The van der Waals surface area contributed by atoms with Crippen molar-refractivity contribution < 1.29 is 14.1 Å². The second-order valence-corrected chi connectivity index (χ2v) is 6.52. The Kier molecular flexibility index (Phi) is 3.19. The smallest absolute Gasteiger partial charge is 0.325 e. The number of imide groups is 1. The van der Waals surface area contributed by atoms with E-state index in [1.54, 1.807) is 13.8 Å². The van der Waals surface area contributed by atoms with E-state index in [-0.39, 0.29) is 18.3 Å². The first-order valence-corrected chi connectivity index (χ1v) is 8.03. The molecule has 2 aliphatic rings. The van der Waals surface area contributed by atoms with Gasteiger partial charge >= 0.3 is 6.03 Å². The van der Waals surface area contributed by atoms with Crippen LogP contribution in [0.3, 0.4) is 0 Å². The molecule has 0 radical (unpaired) electrons. The van der Waals surface area contributed by atoms with Crippen molar-refractivity contribution in [2.75, 3.05) is 0 Å². The Bertz CT molecular complexity index is 844. The third kappa shape index (κ3) is 2.19. The van der Waals surface area contributed by atoms with Crippen molar-refractivity contribution in [2.45, 2.75) is 45.2 Å². The Balaban J connectivity index is 1.64. The standard InChI is InChI=1S/C17H18N4O3/c1-10-18-14(24-20-10)9-21-15(22)17(2,19-16(21)23)13-7-6-11-4-3-5-12(11)8-13/h6-8H,3-5,9H2,1-2H3,(H,19,23). The van der Waals surface area contributed by atoms with Crippen LogP contribution in [-0.4, -0.2) is 27.0 Å². The number of benzene rings is 1. The number of urea groups is 1. The first kappa shape index (κ1) is 14.9. The third-order valence-corrected chi connectivity index (χ3v) is 4.81. The molecular formula is C17H18N4O3. The maximum atomic E-state index is 12.9. The van der Waals surface area contributed by atoms with E-state index in [0.29, 0.717) is 5.82 Å². The second-order valence-electron chi connectivity index (χ2n) is 6.52. The normalized spacial score (nSPS) is 22.8. The molecule has 1 aromatic carbocycles. The lowest BCUT2D eigenvalue weighted by Gasteiger charge is -2.22.